The van der Waals surface area contributed by atoms with Crippen LogP contribution in [-0.2, 0) is 28.8 Å². The highest BCUT2D eigenvalue weighted by Crippen LogP contribution is 2.16. The highest BCUT2D eigenvalue weighted by Gasteiger charge is 2.30. The van der Waals surface area contributed by atoms with Crippen LogP contribution in [-0.4, -0.2) is 58.1 Å². The van der Waals surface area contributed by atoms with Crippen molar-refractivity contribution in [2.75, 3.05) is 0 Å². The lowest BCUT2D eigenvalue weighted by molar-refractivity contribution is -0.142. The Morgan fingerprint density at radius 2 is 0.769 bits per heavy atom. The third kappa shape index (κ3) is 29.8. The molecule has 2 amide bonds. The van der Waals surface area contributed by atoms with E-state index in [9.17, 15) is 39.0 Å². The molecule has 52 heavy (non-hydrogen) atoms. The normalized spacial score (nSPS) is 12.9. The van der Waals surface area contributed by atoms with Crippen molar-refractivity contribution >= 4 is 35.8 Å². The minimum Gasteiger partial charge on any atom is -0.480 e. The Labute approximate surface area is 315 Å². The van der Waals surface area contributed by atoms with Crippen molar-refractivity contribution in [2.45, 2.75) is 225 Å². The van der Waals surface area contributed by atoms with Crippen molar-refractivity contribution in [3.8, 4) is 0 Å². The second-order valence-corrected chi connectivity index (χ2v) is 14.8. The van der Waals surface area contributed by atoms with Crippen LogP contribution in [0.4, 0.5) is 0 Å². The van der Waals surface area contributed by atoms with Crippen LogP contribution in [0.5, 0.6) is 0 Å². The maximum absolute atomic E-state index is 12.8. The molecule has 10 heteroatoms. The molecule has 1 radical (unpaired) electrons. The van der Waals surface area contributed by atoms with E-state index in [4.69, 9.17) is 0 Å². The van der Waals surface area contributed by atoms with E-state index >= 15 is 0 Å². The Bertz CT molecular complexity index is 956. The van der Waals surface area contributed by atoms with Gasteiger partial charge in [-0.2, -0.15) is 0 Å². The zero-order valence-corrected chi connectivity index (χ0v) is 33.0. The van der Waals surface area contributed by atoms with E-state index in [1.807, 2.05) is 0 Å². The maximum atomic E-state index is 12.8. The first-order chi connectivity index (χ1) is 25.2. The molecule has 0 aromatic heterocycles. The van der Waals surface area contributed by atoms with E-state index in [0.717, 1.165) is 38.5 Å². The lowest BCUT2D eigenvalue weighted by atomic mass is 9.93. The molecule has 0 fully saturated rings. The zero-order chi connectivity index (χ0) is 38.7. The molecule has 0 rings (SSSR count). The number of carboxylic acids is 2. The van der Waals surface area contributed by atoms with Gasteiger partial charge >= 0.3 is 11.9 Å². The molecule has 10 nitrogen and oxygen atoms in total. The summed E-state index contributed by atoms with van der Waals surface area (Å²) in [5.74, 6) is -5.63. The monoisotopic (exact) mass is 736 g/mol. The highest BCUT2D eigenvalue weighted by molar-refractivity contribution is 5.95. The fraction of sp³-hybridized carbons (Fsp3) is 0.857. The van der Waals surface area contributed by atoms with Gasteiger partial charge in [-0.15, -0.1) is 0 Å². The van der Waals surface area contributed by atoms with E-state index in [1.54, 1.807) is 6.29 Å². The van der Waals surface area contributed by atoms with Crippen LogP contribution >= 0.6 is 0 Å². The fourth-order valence-corrected chi connectivity index (χ4v) is 6.56. The second-order valence-electron chi connectivity index (χ2n) is 14.8. The first kappa shape index (κ1) is 49.2. The Balaban J connectivity index is 4.29. The zero-order valence-electron chi connectivity index (χ0n) is 33.0. The fourth-order valence-electron chi connectivity index (χ4n) is 6.56. The van der Waals surface area contributed by atoms with E-state index in [0.29, 0.717) is 12.8 Å². The largest absolute Gasteiger partial charge is 0.480 e. The van der Waals surface area contributed by atoms with Gasteiger partial charge in [0.1, 0.15) is 17.9 Å². The number of Topliss-reactive ketones (excluding diaryl/α,β-unsaturated/α-hetero) is 1. The lowest BCUT2D eigenvalue weighted by Crippen LogP contribution is -2.43. The predicted molar refractivity (Wildman–Crippen MR) is 208 cm³/mol. The average molecular weight is 736 g/mol. The molecule has 3 atom stereocenters. The van der Waals surface area contributed by atoms with Crippen LogP contribution in [0.2, 0.25) is 0 Å². The number of unbranched alkanes of at least 4 members (excludes halogenated alkanes) is 24. The van der Waals surface area contributed by atoms with Gasteiger partial charge in [0.05, 0.1) is 5.92 Å². The second kappa shape index (κ2) is 35.3. The number of carbonyl (C=O) groups is 5. The van der Waals surface area contributed by atoms with E-state index in [1.165, 1.54) is 116 Å². The Kier molecular flexibility index (Phi) is 33.4. The molecular formula is C42H75N2O8. The molecule has 0 heterocycles. The number of ketones is 1. The number of nitrogens with one attached hydrogen (secondary N) is 2. The SMILES string of the molecule is CCCCCCCCCCCCCCCC(=O)N[C@@H](CCC(=O)C([C]=O)C[C@H](NC(=O)CCCCCCCCCCCCCCC)C(=O)O)C(=O)O. The number of carboxylic acid groups (broad SMARTS) is 2. The number of hydrogen-bond acceptors (Lipinski definition) is 6. The van der Waals surface area contributed by atoms with Gasteiger partial charge in [-0.1, -0.05) is 168 Å². The van der Waals surface area contributed by atoms with Gasteiger partial charge in [-0.3, -0.25) is 19.2 Å². The van der Waals surface area contributed by atoms with Gasteiger partial charge in [0.25, 0.3) is 0 Å². The van der Waals surface area contributed by atoms with Crippen molar-refractivity contribution in [2.24, 2.45) is 5.92 Å². The van der Waals surface area contributed by atoms with Gasteiger partial charge in [0, 0.05) is 19.3 Å². The first-order valence-corrected chi connectivity index (χ1v) is 21.1. The minimum atomic E-state index is -1.44. The van der Waals surface area contributed by atoms with Crippen LogP contribution in [0.3, 0.4) is 0 Å². The summed E-state index contributed by atoms with van der Waals surface area (Å²) in [5, 5.41) is 24.1. The van der Waals surface area contributed by atoms with Crippen molar-refractivity contribution in [1.29, 1.82) is 0 Å². The van der Waals surface area contributed by atoms with Gasteiger partial charge in [0.15, 0.2) is 0 Å². The molecule has 1 unspecified atom stereocenters. The van der Waals surface area contributed by atoms with E-state index in [-0.39, 0.29) is 25.7 Å². The molecule has 0 saturated heterocycles. The average Bonchev–Trinajstić information content (AvgIpc) is 3.11. The Morgan fingerprint density at radius 1 is 0.462 bits per heavy atom. The summed E-state index contributed by atoms with van der Waals surface area (Å²) < 4.78 is 0. The Morgan fingerprint density at radius 3 is 1.08 bits per heavy atom. The van der Waals surface area contributed by atoms with Gasteiger partial charge < -0.3 is 20.8 Å². The number of aliphatic carboxylic acids is 2. The van der Waals surface area contributed by atoms with E-state index in [2.05, 4.69) is 24.5 Å². The smallest absolute Gasteiger partial charge is 0.326 e. The van der Waals surface area contributed by atoms with Crippen LogP contribution < -0.4 is 10.6 Å². The molecular weight excluding hydrogens is 660 g/mol. The molecule has 0 saturated carbocycles. The quantitative estimate of drug-likeness (QED) is 0.0358. The molecule has 0 aliphatic heterocycles. The van der Waals surface area contributed by atoms with Gasteiger partial charge in [0.2, 0.25) is 18.1 Å². The number of rotatable bonds is 39. The highest BCUT2D eigenvalue weighted by atomic mass is 16.4. The summed E-state index contributed by atoms with van der Waals surface area (Å²) in [6.45, 7) is 4.45. The predicted octanol–water partition coefficient (Wildman–Crippen LogP) is 9.55. The maximum Gasteiger partial charge on any atom is 0.326 e. The summed E-state index contributed by atoms with van der Waals surface area (Å²) in [4.78, 5) is 72.8. The first-order valence-electron chi connectivity index (χ1n) is 21.1. The van der Waals surface area contributed by atoms with Crippen LogP contribution in [0, 0.1) is 5.92 Å². The topological polar surface area (TPSA) is 167 Å². The third-order valence-electron chi connectivity index (χ3n) is 9.96. The molecule has 0 aromatic carbocycles. The van der Waals surface area contributed by atoms with E-state index < -0.39 is 54.0 Å². The van der Waals surface area contributed by atoms with Crippen molar-refractivity contribution in [3.63, 3.8) is 0 Å². The lowest BCUT2D eigenvalue weighted by Gasteiger charge is -2.18. The van der Waals surface area contributed by atoms with Crippen molar-refractivity contribution in [3.05, 3.63) is 0 Å². The Hall–Kier alpha value is -2.78. The standard InChI is InChI=1S/C42H75N2O8/c1-3-5-7-9-11-13-15-17-19-21-23-25-27-29-39(47)43-36(41(49)50)31-32-38(46)35(34-45)33-37(42(51)52)44-40(48)30-28-26-24-22-20-18-16-14-12-10-8-6-4-2/h35-37H,3-33H2,1-2H3,(H,43,47)(H,44,48)(H,49,50)(H,51,52)/t35?,36-,37-/m0/s1. The summed E-state index contributed by atoms with van der Waals surface area (Å²) in [6, 6.07) is -2.75. The minimum absolute atomic E-state index is 0.157. The van der Waals surface area contributed by atoms with Gasteiger partial charge in [-0.05, 0) is 25.7 Å². The molecule has 0 bridgehead atoms. The molecule has 0 aliphatic rings. The molecule has 0 aliphatic carbocycles. The number of hydrogen-bond donors (Lipinski definition) is 4. The third-order valence-corrected chi connectivity index (χ3v) is 9.96. The number of carbonyl (C=O) groups excluding carboxylic acids is 4. The molecule has 0 spiro atoms. The molecule has 301 valence electrons. The summed E-state index contributed by atoms with van der Waals surface area (Å²) >= 11 is 0. The van der Waals surface area contributed by atoms with Gasteiger partial charge in [-0.25, -0.2) is 9.59 Å². The van der Waals surface area contributed by atoms with Crippen LogP contribution in [0.1, 0.15) is 213 Å². The molecule has 4 N–H and O–H groups in total. The van der Waals surface area contributed by atoms with Crippen LogP contribution in [0.15, 0.2) is 0 Å². The van der Waals surface area contributed by atoms with Crippen LogP contribution in [0.25, 0.3) is 0 Å². The summed E-state index contributed by atoms with van der Waals surface area (Å²) in [5.41, 5.74) is 0. The summed E-state index contributed by atoms with van der Waals surface area (Å²) in [6.07, 6.45) is 31.3. The molecule has 0 aromatic rings. The van der Waals surface area contributed by atoms with Crippen molar-refractivity contribution in [1.82, 2.24) is 10.6 Å². The van der Waals surface area contributed by atoms with Crippen molar-refractivity contribution < 1.29 is 39.0 Å². The summed E-state index contributed by atoms with van der Waals surface area (Å²) in [7, 11) is 0. The number of amides is 2.